The number of carbonyl (C=O) groups is 1. The molecule has 5 nitrogen and oxygen atoms in total. The van der Waals surface area contributed by atoms with Gasteiger partial charge in [0.05, 0.1) is 5.52 Å². The maximum Gasteiger partial charge on any atom is 0.219 e. The van der Waals surface area contributed by atoms with Crippen LogP contribution in [0.4, 0.5) is 0 Å². The van der Waals surface area contributed by atoms with Crippen molar-refractivity contribution in [1.29, 1.82) is 0 Å². The molecule has 3 rings (SSSR count). The molecule has 1 aromatic heterocycles. The van der Waals surface area contributed by atoms with Crippen molar-refractivity contribution in [3.05, 3.63) is 36.0 Å². The molecule has 2 heterocycles. The van der Waals surface area contributed by atoms with Crippen molar-refractivity contribution in [2.75, 3.05) is 33.7 Å². The molecule has 23 heavy (non-hydrogen) atoms. The number of aromatic nitrogens is 1. The van der Waals surface area contributed by atoms with Crippen LogP contribution in [0.3, 0.4) is 0 Å². The summed E-state index contributed by atoms with van der Waals surface area (Å²) in [6, 6.07) is 8.22. The van der Waals surface area contributed by atoms with E-state index >= 15 is 0 Å². The fourth-order valence-electron chi connectivity index (χ4n) is 3.22. The normalized spacial score (nSPS) is 16.8. The Morgan fingerprint density at radius 3 is 2.70 bits per heavy atom. The summed E-state index contributed by atoms with van der Waals surface area (Å²) < 4.78 is 1.97. The van der Waals surface area contributed by atoms with Crippen molar-refractivity contribution < 1.29 is 9.90 Å². The zero-order chi connectivity index (χ0) is 16.6. The third kappa shape index (κ3) is 3.12. The van der Waals surface area contributed by atoms with Crippen LogP contribution in [0.5, 0.6) is 0 Å². The van der Waals surface area contributed by atoms with Crippen molar-refractivity contribution in [1.82, 2.24) is 14.4 Å². The highest BCUT2D eigenvalue weighted by Gasteiger charge is 2.35. The van der Waals surface area contributed by atoms with Crippen LogP contribution in [-0.4, -0.2) is 59.1 Å². The number of likely N-dealkylation sites (tertiary alicyclic amines) is 1. The van der Waals surface area contributed by atoms with E-state index in [0.717, 1.165) is 18.5 Å². The summed E-state index contributed by atoms with van der Waals surface area (Å²) in [5.74, 6) is 0.189. The second kappa shape index (κ2) is 6.34. The number of likely N-dealkylation sites (N-methyl/N-ethyl adjacent to an activating group) is 1. The van der Waals surface area contributed by atoms with Gasteiger partial charge in [-0.3, -0.25) is 4.79 Å². The molecule has 0 saturated carbocycles. The Morgan fingerprint density at radius 2 is 2.04 bits per heavy atom. The fourth-order valence-corrected chi connectivity index (χ4v) is 3.22. The number of nitrogens with zero attached hydrogens (tertiary/aromatic N) is 3. The van der Waals surface area contributed by atoms with Crippen LogP contribution in [0.2, 0.25) is 0 Å². The standard InChI is InChI=1S/C18H25N3O2/c1-13(22)20-10-15(11-20)18(23)21-12-14(8-9-19(2)3)16-6-4-5-7-17(16)21/h4-7,12,15,18,23H,8-11H2,1-3H3. The van der Waals surface area contributed by atoms with Gasteiger partial charge in [-0.05, 0) is 32.1 Å². The molecule has 1 aromatic carbocycles. The first-order valence-electron chi connectivity index (χ1n) is 8.14. The minimum Gasteiger partial charge on any atom is -0.373 e. The van der Waals surface area contributed by atoms with Crippen molar-refractivity contribution in [3.8, 4) is 0 Å². The van der Waals surface area contributed by atoms with Crippen molar-refractivity contribution >= 4 is 16.8 Å². The number of carbonyl (C=O) groups excluding carboxylic acids is 1. The van der Waals surface area contributed by atoms with Gasteiger partial charge in [-0.1, -0.05) is 18.2 Å². The number of fused-ring (bicyclic) bond motifs is 1. The van der Waals surface area contributed by atoms with Crippen molar-refractivity contribution in [2.45, 2.75) is 19.6 Å². The lowest BCUT2D eigenvalue weighted by Gasteiger charge is -2.41. The van der Waals surface area contributed by atoms with Crippen LogP contribution in [0.15, 0.2) is 30.5 Å². The molecule has 1 N–H and O–H groups in total. The van der Waals surface area contributed by atoms with E-state index in [0.29, 0.717) is 13.1 Å². The van der Waals surface area contributed by atoms with E-state index in [1.807, 2.05) is 16.7 Å². The first-order valence-corrected chi connectivity index (χ1v) is 8.14. The third-order valence-electron chi connectivity index (χ3n) is 4.71. The number of para-hydroxylation sites is 1. The molecule has 124 valence electrons. The Labute approximate surface area is 137 Å². The molecule has 5 heteroatoms. The number of aliphatic hydroxyl groups excluding tert-OH is 1. The zero-order valence-electron chi connectivity index (χ0n) is 14.1. The molecule has 1 aliphatic rings. The molecule has 2 aromatic rings. The predicted molar refractivity (Wildman–Crippen MR) is 91.2 cm³/mol. The Balaban J connectivity index is 1.84. The molecule has 1 unspecified atom stereocenters. The van der Waals surface area contributed by atoms with E-state index in [1.54, 1.807) is 11.8 Å². The average Bonchev–Trinajstić information content (AvgIpc) is 2.82. The van der Waals surface area contributed by atoms with E-state index in [9.17, 15) is 9.90 Å². The van der Waals surface area contributed by atoms with Gasteiger partial charge in [0.2, 0.25) is 5.91 Å². The average molecular weight is 315 g/mol. The van der Waals surface area contributed by atoms with Crippen LogP contribution in [0, 0.1) is 5.92 Å². The topological polar surface area (TPSA) is 48.7 Å². The summed E-state index contributed by atoms with van der Waals surface area (Å²) in [4.78, 5) is 15.3. The minimum absolute atomic E-state index is 0.0810. The number of amides is 1. The number of rotatable bonds is 5. The molecule has 0 spiro atoms. The number of benzene rings is 1. The molecule has 1 amide bonds. The van der Waals surface area contributed by atoms with Gasteiger partial charge in [0, 0.05) is 44.1 Å². The predicted octanol–water partition coefficient (Wildman–Crippen LogP) is 1.71. The molecule has 1 fully saturated rings. The van der Waals surface area contributed by atoms with Crippen LogP contribution in [0.1, 0.15) is 18.7 Å². The van der Waals surface area contributed by atoms with E-state index in [1.165, 1.54) is 10.9 Å². The summed E-state index contributed by atoms with van der Waals surface area (Å²) in [6.45, 7) is 3.82. The maximum atomic E-state index is 11.3. The van der Waals surface area contributed by atoms with E-state index < -0.39 is 6.23 Å². The largest absolute Gasteiger partial charge is 0.373 e. The lowest BCUT2D eigenvalue weighted by atomic mass is 9.98. The second-order valence-electron chi connectivity index (χ2n) is 6.73. The number of aliphatic hydroxyl groups is 1. The zero-order valence-corrected chi connectivity index (χ0v) is 14.1. The van der Waals surface area contributed by atoms with E-state index in [-0.39, 0.29) is 11.8 Å². The molecule has 1 atom stereocenters. The van der Waals surface area contributed by atoms with Crippen LogP contribution < -0.4 is 0 Å². The lowest BCUT2D eigenvalue weighted by molar-refractivity contribution is -0.140. The van der Waals surface area contributed by atoms with Crippen LogP contribution >= 0.6 is 0 Å². The SMILES string of the molecule is CC(=O)N1CC(C(O)n2cc(CCN(C)C)c3ccccc32)C1. The van der Waals surface area contributed by atoms with Gasteiger partial charge in [0.15, 0.2) is 0 Å². The van der Waals surface area contributed by atoms with Crippen molar-refractivity contribution in [2.24, 2.45) is 5.92 Å². The highest BCUT2D eigenvalue weighted by Crippen LogP contribution is 2.31. The quantitative estimate of drug-likeness (QED) is 0.914. The lowest BCUT2D eigenvalue weighted by Crippen LogP contribution is -2.52. The summed E-state index contributed by atoms with van der Waals surface area (Å²) in [5, 5.41) is 11.9. The molecule has 0 bridgehead atoms. The summed E-state index contributed by atoms with van der Waals surface area (Å²) in [6.07, 6.45) is 2.45. The van der Waals surface area contributed by atoms with Crippen LogP contribution in [0.25, 0.3) is 10.9 Å². The van der Waals surface area contributed by atoms with Gasteiger partial charge in [0.25, 0.3) is 0 Å². The van der Waals surface area contributed by atoms with Gasteiger partial charge in [-0.15, -0.1) is 0 Å². The fraction of sp³-hybridized carbons (Fsp3) is 0.500. The Kier molecular flexibility index (Phi) is 4.41. The highest BCUT2D eigenvalue weighted by molar-refractivity contribution is 5.84. The van der Waals surface area contributed by atoms with Gasteiger partial charge in [0.1, 0.15) is 6.23 Å². The number of hydrogen-bond acceptors (Lipinski definition) is 3. The van der Waals surface area contributed by atoms with E-state index in [2.05, 4.69) is 37.3 Å². The molecule has 1 aliphatic heterocycles. The minimum atomic E-state index is -0.580. The van der Waals surface area contributed by atoms with Crippen molar-refractivity contribution in [3.63, 3.8) is 0 Å². The van der Waals surface area contributed by atoms with Gasteiger partial charge in [-0.25, -0.2) is 0 Å². The van der Waals surface area contributed by atoms with Gasteiger partial charge >= 0.3 is 0 Å². The van der Waals surface area contributed by atoms with E-state index in [4.69, 9.17) is 0 Å². The Morgan fingerprint density at radius 1 is 1.35 bits per heavy atom. The monoisotopic (exact) mass is 315 g/mol. The third-order valence-corrected chi connectivity index (χ3v) is 4.71. The Hall–Kier alpha value is -1.85. The van der Waals surface area contributed by atoms with Crippen LogP contribution in [-0.2, 0) is 11.2 Å². The second-order valence-corrected chi connectivity index (χ2v) is 6.73. The number of hydrogen-bond donors (Lipinski definition) is 1. The first-order chi connectivity index (χ1) is 11.0. The maximum absolute atomic E-state index is 11.3. The molecular formula is C18H25N3O2. The van der Waals surface area contributed by atoms with Gasteiger partial charge < -0.3 is 19.5 Å². The summed E-state index contributed by atoms with van der Waals surface area (Å²) in [7, 11) is 4.14. The first kappa shape index (κ1) is 16.0. The molecule has 0 aliphatic carbocycles. The smallest absolute Gasteiger partial charge is 0.219 e. The molecule has 1 saturated heterocycles. The molecular weight excluding hydrogens is 290 g/mol. The molecule has 0 radical (unpaired) electrons. The Bertz CT molecular complexity index is 701. The highest BCUT2D eigenvalue weighted by atomic mass is 16.3. The summed E-state index contributed by atoms with van der Waals surface area (Å²) >= 11 is 0. The van der Waals surface area contributed by atoms with Gasteiger partial charge in [-0.2, -0.15) is 0 Å². The summed E-state index contributed by atoms with van der Waals surface area (Å²) in [5.41, 5.74) is 2.33.